The van der Waals surface area contributed by atoms with Gasteiger partial charge in [-0.1, -0.05) is 18.6 Å². The molecule has 0 saturated heterocycles. The Kier molecular flexibility index (Phi) is 7.23. The standard InChI is InChI=1S/C28H31F2N3O5/c1-16-6-11-21-22(32(16)28(36)37-2)12-13-23-25(21)31-24(14-17-7-9-20(10-8-17)38-27(29)30)33(23)19-5-3-4-18(15-19)26(34)35/h7-10,12-13,16,18-19,27H,3-6,11,14-15H2,1-2H3,(H,34,35)/t16-,18+,19+/m0/s1. The largest absolute Gasteiger partial charge is 0.481 e. The van der Waals surface area contributed by atoms with Gasteiger partial charge < -0.3 is 19.1 Å². The van der Waals surface area contributed by atoms with Crippen molar-refractivity contribution in [2.24, 2.45) is 5.92 Å². The first-order chi connectivity index (χ1) is 18.3. The molecule has 1 aliphatic heterocycles. The van der Waals surface area contributed by atoms with Gasteiger partial charge in [-0.15, -0.1) is 0 Å². The van der Waals surface area contributed by atoms with Crippen LogP contribution in [0.15, 0.2) is 36.4 Å². The zero-order valence-corrected chi connectivity index (χ0v) is 21.4. The molecule has 5 rings (SSSR count). The summed E-state index contributed by atoms with van der Waals surface area (Å²) < 4.78 is 36.9. The monoisotopic (exact) mass is 527 g/mol. The molecule has 2 aromatic carbocycles. The van der Waals surface area contributed by atoms with Gasteiger partial charge in [0.2, 0.25) is 0 Å². The van der Waals surface area contributed by atoms with Crippen molar-refractivity contribution in [2.75, 3.05) is 12.0 Å². The van der Waals surface area contributed by atoms with Crippen LogP contribution in [0.5, 0.6) is 5.75 Å². The number of amides is 1. The Labute approximate surface area is 219 Å². The molecule has 3 aromatic rings. The molecule has 0 spiro atoms. The van der Waals surface area contributed by atoms with Crippen LogP contribution in [0.4, 0.5) is 19.3 Å². The summed E-state index contributed by atoms with van der Waals surface area (Å²) in [4.78, 5) is 31.2. The lowest BCUT2D eigenvalue weighted by atomic mass is 9.85. The van der Waals surface area contributed by atoms with Crippen LogP contribution in [0.2, 0.25) is 0 Å². The first kappa shape index (κ1) is 25.9. The van der Waals surface area contributed by atoms with Crippen molar-refractivity contribution >= 4 is 28.8 Å². The van der Waals surface area contributed by atoms with E-state index in [4.69, 9.17) is 9.72 Å². The molecule has 1 saturated carbocycles. The minimum atomic E-state index is -2.89. The highest BCUT2D eigenvalue weighted by molar-refractivity contribution is 5.95. The van der Waals surface area contributed by atoms with Crippen molar-refractivity contribution in [3.63, 3.8) is 0 Å². The number of halogens is 2. The molecular formula is C28H31F2N3O5. The summed E-state index contributed by atoms with van der Waals surface area (Å²) in [6, 6.07) is 10.3. The number of carbonyl (C=O) groups is 2. The molecule has 38 heavy (non-hydrogen) atoms. The van der Waals surface area contributed by atoms with Crippen LogP contribution in [0.3, 0.4) is 0 Å². The molecule has 3 atom stereocenters. The number of methoxy groups -OCH3 is 1. The van der Waals surface area contributed by atoms with Crippen molar-refractivity contribution in [2.45, 2.75) is 70.6 Å². The number of aliphatic carboxylic acids is 1. The average molecular weight is 528 g/mol. The molecule has 202 valence electrons. The molecule has 8 nitrogen and oxygen atoms in total. The molecular weight excluding hydrogens is 496 g/mol. The molecule has 10 heteroatoms. The minimum Gasteiger partial charge on any atom is -0.481 e. The zero-order valence-electron chi connectivity index (χ0n) is 21.4. The number of hydrogen-bond acceptors (Lipinski definition) is 5. The van der Waals surface area contributed by atoms with Crippen LogP contribution in [0, 0.1) is 5.92 Å². The minimum absolute atomic E-state index is 0.0161. The molecule has 2 aliphatic rings. The number of carboxylic acid groups (broad SMARTS) is 1. The highest BCUT2D eigenvalue weighted by Crippen LogP contribution is 2.41. The number of fused-ring (bicyclic) bond motifs is 3. The van der Waals surface area contributed by atoms with E-state index in [0.717, 1.165) is 59.4 Å². The van der Waals surface area contributed by atoms with E-state index in [9.17, 15) is 23.5 Å². The molecule has 0 bridgehead atoms. The SMILES string of the molecule is COC(=O)N1c2ccc3c(nc(Cc4ccc(OC(F)F)cc4)n3[C@@H]3CCC[C@@H](C(=O)O)C3)c2CC[C@@H]1C. The highest BCUT2D eigenvalue weighted by atomic mass is 19.3. The normalized spacial score (nSPS) is 21.4. The summed E-state index contributed by atoms with van der Waals surface area (Å²) in [6.07, 6.45) is 4.34. The Balaban J connectivity index is 1.59. The fourth-order valence-electron chi connectivity index (χ4n) is 5.95. The lowest BCUT2D eigenvalue weighted by Gasteiger charge is -2.34. The highest BCUT2D eigenvalue weighted by Gasteiger charge is 2.34. The van der Waals surface area contributed by atoms with Gasteiger partial charge in [0.1, 0.15) is 11.6 Å². The Morgan fingerprint density at radius 1 is 1.13 bits per heavy atom. The van der Waals surface area contributed by atoms with Crippen LogP contribution in [-0.4, -0.2) is 46.5 Å². The number of imidazole rings is 1. The van der Waals surface area contributed by atoms with Gasteiger partial charge >= 0.3 is 18.7 Å². The summed E-state index contributed by atoms with van der Waals surface area (Å²) >= 11 is 0. The third kappa shape index (κ3) is 4.91. The lowest BCUT2D eigenvalue weighted by Crippen LogP contribution is -2.42. The molecule has 1 fully saturated rings. The Morgan fingerprint density at radius 2 is 1.89 bits per heavy atom. The summed E-state index contributed by atoms with van der Waals surface area (Å²) in [5.41, 5.74) is 4.32. The predicted octanol–water partition coefficient (Wildman–Crippen LogP) is 5.95. The van der Waals surface area contributed by atoms with E-state index < -0.39 is 24.6 Å². The predicted molar refractivity (Wildman–Crippen MR) is 137 cm³/mol. The van der Waals surface area contributed by atoms with Gasteiger partial charge in [-0.25, -0.2) is 9.78 Å². The Bertz CT molecular complexity index is 1340. The third-order valence-corrected chi connectivity index (χ3v) is 7.77. The van der Waals surface area contributed by atoms with Gasteiger partial charge in [-0.05, 0) is 68.9 Å². The number of carboxylic acids is 1. The quantitative estimate of drug-likeness (QED) is 0.426. The summed E-state index contributed by atoms with van der Waals surface area (Å²) in [7, 11) is 1.37. The summed E-state index contributed by atoms with van der Waals surface area (Å²) in [5.74, 6) is -0.344. The number of alkyl halides is 2. The average Bonchev–Trinajstić information content (AvgIpc) is 3.27. The number of nitrogens with zero attached hydrogens (tertiary/aromatic N) is 3. The number of anilines is 1. The molecule has 2 heterocycles. The zero-order chi connectivity index (χ0) is 27.0. The van der Waals surface area contributed by atoms with Gasteiger partial charge in [0.15, 0.2) is 0 Å². The van der Waals surface area contributed by atoms with Crippen LogP contribution >= 0.6 is 0 Å². The third-order valence-electron chi connectivity index (χ3n) is 7.77. The van der Waals surface area contributed by atoms with E-state index in [-0.39, 0.29) is 17.8 Å². The summed E-state index contributed by atoms with van der Waals surface area (Å²) in [6.45, 7) is -0.902. The van der Waals surface area contributed by atoms with Crippen LogP contribution in [0.1, 0.15) is 62.0 Å². The van der Waals surface area contributed by atoms with Gasteiger partial charge in [-0.3, -0.25) is 9.69 Å². The molecule has 1 amide bonds. The van der Waals surface area contributed by atoms with E-state index in [2.05, 4.69) is 9.30 Å². The maximum Gasteiger partial charge on any atom is 0.414 e. The number of carbonyl (C=O) groups excluding carboxylic acids is 1. The van der Waals surface area contributed by atoms with Crippen LogP contribution in [0.25, 0.3) is 11.0 Å². The number of aryl methyl sites for hydroxylation is 1. The van der Waals surface area contributed by atoms with Crippen molar-refractivity contribution in [1.29, 1.82) is 0 Å². The molecule has 1 N–H and O–H groups in total. The fourth-order valence-corrected chi connectivity index (χ4v) is 5.95. The van der Waals surface area contributed by atoms with Crippen LogP contribution < -0.4 is 9.64 Å². The lowest BCUT2D eigenvalue weighted by molar-refractivity contribution is -0.143. The number of aromatic nitrogens is 2. The summed E-state index contributed by atoms with van der Waals surface area (Å²) in [5, 5.41) is 9.71. The van der Waals surface area contributed by atoms with Crippen LogP contribution in [-0.2, 0) is 22.4 Å². The first-order valence-electron chi connectivity index (χ1n) is 12.9. The maximum absolute atomic E-state index is 12.6. The van der Waals surface area contributed by atoms with E-state index in [1.54, 1.807) is 17.0 Å². The van der Waals surface area contributed by atoms with E-state index in [1.165, 1.54) is 19.2 Å². The molecule has 1 aromatic heterocycles. The van der Waals surface area contributed by atoms with E-state index in [0.29, 0.717) is 19.3 Å². The van der Waals surface area contributed by atoms with E-state index >= 15 is 0 Å². The van der Waals surface area contributed by atoms with Gasteiger partial charge in [-0.2, -0.15) is 8.78 Å². The maximum atomic E-state index is 12.6. The van der Waals surface area contributed by atoms with Crippen molar-refractivity contribution in [3.8, 4) is 5.75 Å². The molecule has 0 radical (unpaired) electrons. The van der Waals surface area contributed by atoms with Crippen molar-refractivity contribution in [1.82, 2.24) is 9.55 Å². The number of hydrogen-bond donors (Lipinski definition) is 1. The second-order valence-corrected chi connectivity index (χ2v) is 10.1. The second-order valence-electron chi connectivity index (χ2n) is 10.1. The van der Waals surface area contributed by atoms with E-state index in [1.807, 2.05) is 19.1 Å². The van der Waals surface area contributed by atoms with Gasteiger partial charge in [0.05, 0.1) is 29.7 Å². The Morgan fingerprint density at radius 3 is 2.58 bits per heavy atom. The van der Waals surface area contributed by atoms with Crippen molar-refractivity contribution in [3.05, 3.63) is 53.3 Å². The number of rotatable bonds is 6. The van der Waals surface area contributed by atoms with Crippen molar-refractivity contribution < 1.29 is 33.0 Å². The Hall–Kier alpha value is -3.69. The number of ether oxygens (including phenoxy) is 2. The fraction of sp³-hybridized carbons (Fsp3) is 0.464. The smallest absolute Gasteiger partial charge is 0.414 e. The molecule has 1 aliphatic carbocycles. The topological polar surface area (TPSA) is 93.9 Å². The number of benzene rings is 2. The second kappa shape index (κ2) is 10.6. The molecule has 0 unspecified atom stereocenters. The van der Waals surface area contributed by atoms with Gasteiger partial charge in [0, 0.05) is 24.1 Å². The first-order valence-corrected chi connectivity index (χ1v) is 12.9. The van der Waals surface area contributed by atoms with Gasteiger partial charge in [0.25, 0.3) is 0 Å².